The van der Waals surface area contributed by atoms with Crippen LogP contribution in [0.2, 0.25) is 0 Å². The second kappa shape index (κ2) is 8.42. The highest BCUT2D eigenvalue weighted by Crippen LogP contribution is 2.12. The molecule has 1 aromatic heterocycles. The Balaban J connectivity index is 2.17. The van der Waals surface area contributed by atoms with Gasteiger partial charge in [0.25, 0.3) is 0 Å². The summed E-state index contributed by atoms with van der Waals surface area (Å²) >= 11 is 0. The topological polar surface area (TPSA) is 50.2 Å². The number of hydrazone groups is 1. The van der Waals surface area contributed by atoms with Gasteiger partial charge in [-0.15, -0.1) is 0 Å². The van der Waals surface area contributed by atoms with Crippen LogP contribution < -0.4 is 5.43 Å². The molecule has 0 radical (unpaired) electrons. The third kappa shape index (κ3) is 4.88. The zero-order valence-corrected chi connectivity index (χ0v) is 14.6. The predicted octanol–water partition coefficient (Wildman–Crippen LogP) is 4.53. The highest BCUT2D eigenvalue weighted by atomic mass is 15.4. The summed E-state index contributed by atoms with van der Waals surface area (Å²) in [7, 11) is 0. The van der Waals surface area contributed by atoms with Gasteiger partial charge in [-0.3, -0.25) is 0 Å². The van der Waals surface area contributed by atoms with E-state index in [0.29, 0.717) is 5.95 Å². The molecule has 2 rings (SSSR count). The minimum absolute atomic E-state index is 0.574. The Morgan fingerprint density at radius 1 is 1.17 bits per heavy atom. The van der Waals surface area contributed by atoms with E-state index >= 15 is 0 Å². The molecule has 0 aliphatic rings. The molecule has 0 spiro atoms. The fraction of sp³-hybridized carbons (Fsp3) is 0.421. The summed E-state index contributed by atoms with van der Waals surface area (Å²) < 4.78 is 0. The molecule has 1 aromatic carbocycles. The Kier molecular flexibility index (Phi) is 6.27. The summed E-state index contributed by atoms with van der Waals surface area (Å²) in [6.45, 7) is 8.34. The molecular weight excluding hydrogens is 284 g/mol. The summed E-state index contributed by atoms with van der Waals surface area (Å²) in [5.74, 6) is 0.574. The van der Waals surface area contributed by atoms with Crippen LogP contribution in [0.1, 0.15) is 56.1 Å². The first-order chi connectivity index (χ1) is 11.1. The maximum atomic E-state index is 4.55. The van der Waals surface area contributed by atoms with Crippen molar-refractivity contribution in [2.45, 2.75) is 53.4 Å². The fourth-order valence-corrected chi connectivity index (χ4v) is 2.55. The summed E-state index contributed by atoms with van der Waals surface area (Å²) in [4.78, 5) is 8.97. The number of aromatic nitrogens is 2. The van der Waals surface area contributed by atoms with Gasteiger partial charge < -0.3 is 0 Å². The first kappa shape index (κ1) is 17.1. The van der Waals surface area contributed by atoms with Crippen molar-refractivity contribution in [2.24, 2.45) is 5.10 Å². The van der Waals surface area contributed by atoms with E-state index in [1.54, 1.807) is 0 Å². The molecule has 4 heteroatoms. The van der Waals surface area contributed by atoms with E-state index in [1.165, 1.54) is 11.1 Å². The summed E-state index contributed by atoms with van der Waals surface area (Å²) in [6.07, 6.45) is 4.28. The lowest BCUT2D eigenvalue weighted by Gasteiger charge is -2.08. The van der Waals surface area contributed by atoms with Gasteiger partial charge in [-0.05, 0) is 44.7 Å². The maximum Gasteiger partial charge on any atom is 0.243 e. The number of hydrogen-bond acceptors (Lipinski definition) is 4. The molecule has 1 N–H and O–H groups in total. The first-order valence-electron chi connectivity index (χ1n) is 8.37. The van der Waals surface area contributed by atoms with Crippen molar-refractivity contribution in [1.29, 1.82) is 0 Å². The molecule has 1 heterocycles. The smallest absolute Gasteiger partial charge is 0.243 e. The molecule has 0 aliphatic heterocycles. The van der Waals surface area contributed by atoms with Gasteiger partial charge in [0.15, 0.2) is 0 Å². The average Bonchev–Trinajstić information content (AvgIpc) is 2.57. The molecule has 0 aliphatic carbocycles. The summed E-state index contributed by atoms with van der Waals surface area (Å²) in [5.41, 5.74) is 8.47. The zero-order valence-electron chi connectivity index (χ0n) is 14.6. The van der Waals surface area contributed by atoms with E-state index in [-0.39, 0.29) is 0 Å². The molecule has 0 amide bonds. The molecule has 0 atom stereocenters. The van der Waals surface area contributed by atoms with Gasteiger partial charge in [0.1, 0.15) is 0 Å². The Morgan fingerprint density at radius 3 is 2.70 bits per heavy atom. The van der Waals surface area contributed by atoms with E-state index < -0.39 is 0 Å². The van der Waals surface area contributed by atoms with Gasteiger partial charge >= 0.3 is 0 Å². The van der Waals surface area contributed by atoms with Crippen LogP contribution in [0, 0.1) is 6.92 Å². The largest absolute Gasteiger partial charge is 0.245 e. The Labute approximate surface area is 139 Å². The predicted molar refractivity (Wildman–Crippen MR) is 97.0 cm³/mol. The quantitative estimate of drug-likeness (QED) is 0.604. The van der Waals surface area contributed by atoms with Crippen molar-refractivity contribution in [2.75, 3.05) is 5.43 Å². The van der Waals surface area contributed by atoms with Crippen molar-refractivity contribution < 1.29 is 0 Å². The number of aryl methyl sites for hydroxylation is 3. The zero-order chi connectivity index (χ0) is 16.7. The van der Waals surface area contributed by atoms with Crippen molar-refractivity contribution in [1.82, 2.24) is 9.97 Å². The van der Waals surface area contributed by atoms with E-state index in [4.69, 9.17) is 0 Å². The van der Waals surface area contributed by atoms with Crippen LogP contribution in [0.4, 0.5) is 5.95 Å². The Hall–Kier alpha value is -2.23. The highest BCUT2D eigenvalue weighted by Gasteiger charge is 2.05. The molecule has 0 saturated carbocycles. The van der Waals surface area contributed by atoms with Gasteiger partial charge in [-0.1, -0.05) is 44.5 Å². The van der Waals surface area contributed by atoms with E-state index in [0.717, 1.165) is 42.8 Å². The summed E-state index contributed by atoms with van der Waals surface area (Å²) in [6, 6.07) is 10.4. The monoisotopic (exact) mass is 310 g/mol. The molecule has 122 valence electrons. The number of rotatable bonds is 7. The van der Waals surface area contributed by atoms with Crippen LogP contribution in [0.25, 0.3) is 0 Å². The third-order valence-electron chi connectivity index (χ3n) is 3.81. The Bertz CT molecular complexity index is 677. The molecule has 0 fully saturated rings. The van der Waals surface area contributed by atoms with Crippen LogP contribution in [0.15, 0.2) is 35.4 Å². The number of unbranched alkanes of at least 4 members (excludes halogenated alkanes) is 1. The first-order valence-corrected chi connectivity index (χ1v) is 8.37. The van der Waals surface area contributed by atoms with Crippen molar-refractivity contribution in [3.8, 4) is 0 Å². The second-order valence-corrected chi connectivity index (χ2v) is 5.75. The molecular formula is C19H26N4. The second-order valence-electron chi connectivity index (χ2n) is 5.75. The summed E-state index contributed by atoms with van der Waals surface area (Å²) in [5, 5.41) is 4.48. The van der Waals surface area contributed by atoms with Crippen LogP contribution >= 0.6 is 0 Å². The highest BCUT2D eigenvalue weighted by molar-refractivity contribution is 6.00. The fourth-order valence-electron chi connectivity index (χ4n) is 2.55. The standard InChI is InChI=1S/C19H26N4/c1-5-7-11-17-13-14(3)20-19(21-17)23-22-15(4)18-12-9-8-10-16(18)6-2/h8-10,12-13H,5-7,11H2,1-4H3,(H,20,21,23). The Morgan fingerprint density at radius 2 is 1.96 bits per heavy atom. The number of nitrogens with one attached hydrogen (secondary N) is 1. The van der Waals surface area contributed by atoms with E-state index in [2.05, 4.69) is 52.5 Å². The van der Waals surface area contributed by atoms with Crippen LogP contribution in [0.5, 0.6) is 0 Å². The molecule has 23 heavy (non-hydrogen) atoms. The van der Waals surface area contributed by atoms with Crippen molar-refractivity contribution in [3.63, 3.8) is 0 Å². The van der Waals surface area contributed by atoms with Crippen LogP contribution in [-0.4, -0.2) is 15.7 Å². The number of nitrogens with zero attached hydrogens (tertiary/aromatic N) is 3. The van der Waals surface area contributed by atoms with Crippen molar-refractivity contribution in [3.05, 3.63) is 52.8 Å². The van der Waals surface area contributed by atoms with Gasteiger partial charge in [0, 0.05) is 17.0 Å². The lowest BCUT2D eigenvalue weighted by atomic mass is 10.0. The third-order valence-corrected chi connectivity index (χ3v) is 3.81. The normalized spacial score (nSPS) is 11.6. The van der Waals surface area contributed by atoms with Crippen molar-refractivity contribution >= 4 is 11.7 Å². The molecule has 2 aromatic rings. The average molecular weight is 310 g/mol. The molecule has 0 unspecified atom stereocenters. The van der Waals surface area contributed by atoms with Gasteiger partial charge in [0.2, 0.25) is 5.95 Å². The van der Waals surface area contributed by atoms with Gasteiger partial charge in [-0.25, -0.2) is 15.4 Å². The SMILES string of the molecule is CCCCc1cc(C)nc(NN=C(C)c2ccccc2CC)n1. The van der Waals surface area contributed by atoms with Crippen LogP contribution in [0.3, 0.4) is 0 Å². The maximum absolute atomic E-state index is 4.55. The number of hydrogen-bond donors (Lipinski definition) is 1. The molecule has 0 saturated heterocycles. The molecule has 4 nitrogen and oxygen atoms in total. The van der Waals surface area contributed by atoms with Crippen LogP contribution in [-0.2, 0) is 12.8 Å². The minimum Gasteiger partial charge on any atom is -0.245 e. The number of anilines is 1. The molecule has 0 bridgehead atoms. The van der Waals surface area contributed by atoms with Gasteiger partial charge in [-0.2, -0.15) is 5.10 Å². The van der Waals surface area contributed by atoms with E-state index in [9.17, 15) is 0 Å². The lowest BCUT2D eigenvalue weighted by molar-refractivity contribution is 0.772. The van der Waals surface area contributed by atoms with E-state index in [1.807, 2.05) is 26.0 Å². The lowest BCUT2D eigenvalue weighted by Crippen LogP contribution is -2.06. The minimum atomic E-state index is 0.574. The number of benzene rings is 1. The van der Waals surface area contributed by atoms with Gasteiger partial charge in [0.05, 0.1) is 5.71 Å².